The average molecular weight is 224 g/mol. The zero-order valence-electron chi connectivity index (χ0n) is 11.3. The van der Waals surface area contributed by atoms with Gasteiger partial charge in [-0.15, -0.1) is 0 Å². The molecule has 0 aromatic heterocycles. The van der Waals surface area contributed by atoms with Crippen molar-refractivity contribution < 1.29 is 10.2 Å². The minimum Gasteiger partial charge on any atom is -0.508 e. The van der Waals surface area contributed by atoms with Gasteiger partial charge in [0.15, 0.2) is 0 Å². The molecule has 2 nitrogen and oxygen atoms in total. The van der Waals surface area contributed by atoms with Crippen LogP contribution in [0.4, 0.5) is 0 Å². The van der Waals surface area contributed by atoms with E-state index in [9.17, 15) is 10.2 Å². The van der Waals surface area contributed by atoms with E-state index in [1.54, 1.807) is 6.08 Å². The highest BCUT2D eigenvalue weighted by atomic mass is 16.3. The Morgan fingerprint density at radius 3 is 2.00 bits per heavy atom. The van der Waals surface area contributed by atoms with Gasteiger partial charge in [0, 0.05) is 6.42 Å². The number of aliphatic hydroxyl groups is 2. The Morgan fingerprint density at radius 1 is 1.12 bits per heavy atom. The van der Waals surface area contributed by atoms with Crippen molar-refractivity contribution in [3.63, 3.8) is 0 Å². The number of hydrogen-bond donors (Lipinski definition) is 2. The van der Waals surface area contributed by atoms with Crippen molar-refractivity contribution in [2.75, 3.05) is 0 Å². The van der Waals surface area contributed by atoms with Crippen LogP contribution >= 0.6 is 0 Å². The lowest BCUT2D eigenvalue weighted by molar-refractivity contribution is -0.0151. The second kappa shape index (κ2) is 3.63. The summed E-state index contributed by atoms with van der Waals surface area (Å²) in [5.41, 5.74) is -0.431. The molecule has 1 rings (SSSR count). The first-order valence-electron chi connectivity index (χ1n) is 5.83. The van der Waals surface area contributed by atoms with Gasteiger partial charge in [-0.1, -0.05) is 41.5 Å². The van der Waals surface area contributed by atoms with Crippen LogP contribution < -0.4 is 0 Å². The third-order valence-corrected chi connectivity index (χ3v) is 3.37. The molecule has 1 unspecified atom stereocenters. The molecular formula is C14H24O2. The molecule has 0 aromatic rings. The molecule has 1 aliphatic carbocycles. The highest BCUT2D eigenvalue weighted by Crippen LogP contribution is 2.43. The quantitative estimate of drug-likeness (QED) is 0.660. The fourth-order valence-corrected chi connectivity index (χ4v) is 1.86. The average Bonchev–Trinajstić information content (AvgIpc) is 2.05. The Hall–Kier alpha value is -0.760. The molecule has 0 saturated heterocycles. The van der Waals surface area contributed by atoms with Crippen LogP contribution in [0, 0.1) is 10.8 Å². The number of aliphatic hydroxyl groups excluding tert-OH is 1. The van der Waals surface area contributed by atoms with E-state index in [-0.39, 0.29) is 10.8 Å². The predicted octanol–water partition coefficient (Wildman–Crippen LogP) is 3.58. The zero-order chi connectivity index (χ0) is 12.8. The van der Waals surface area contributed by atoms with Gasteiger partial charge >= 0.3 is 0 Å². The minimum atomic E-state index is -0.873. The van der Waals surface area contributed by atoms with E-state index in [4.69, 9.17) is 0 Å². The largest absolute Gasteiger partial charge is 0.508 e. The first kappa shape index (κ1) is 13.3. The van der Waals surface area contributed by atoms with Gasteiger partial charge in [0.05, 0.1) is 5.60 Å². The molecule has 0 spiro atoms. The lowest BCUT2D eigenvalue weighted by atomic mass is 9.68. The van der Waals surface area contributed by atoms with Crippen LogP contribution in [0.1, 0.15) is 48.0 Å². The molecule has 16 heavy (non-hydrogen) atoms. The molecule has 0 aromatic carbocycles. The van der Waals surface area contributed by atoms with Crippen LogP contribution in [0.15, 0.2) is 23.5 Å². The molecule has 0 aliphatic heterocycles. The summed E-state index contributed by atoms with van der Waals surface area (Å²) in [6.45, 7) is 12.2. The highest BCUT2D eigenvalue weighted by molar-refractivity contribution is 5.37. The van der Waals surface area contributed by atoms with E-state index in [2.05, 4.69) is 0 Å². The van der Waals surface area contributed by atoms with Crippen molar-refractivity contribution in [3.8, 4) is 0 Å². The van der Waals surface area contributed by atoms with E-state index in [1.807, 2.05) is 47.6 Å². The summed E-state index contributed by atoms with van der Waals surface area (Å²) in [7, 11) is 0. The molecule has 0 fully saturated rings. The van der Waals surface area contributed by atoms with Gasteiger partial charge in [-0.05, 0) is 28.6 Å². The van der Waals surface area contributed by atoms with Crippen LogP contribution in [0.25, 0.3) is 0 Å². The molecule has 0 radical (unpaired) electrons. The Balaban J connectivity index is 3.21. The van der Waals surface area contributed by atoms with Crippen molar-refractivity contribution in [2.24, 2.45) is 10.8 Å². The van der Waals surface area contributed by atoms with Gasteiger partial charge in [0.2, 0.25) is 0 Å². The van der Waals surface area contributed by atoms with Crippen molar-refractivity contribution in [1.29, 1.82) is 0 Å². The monoisotopic (exact) mass is 224 g/mol. The topological polar surface area (TPSA) is 40.5 Å². The van der Waals surface area contributed by atoms with Crippen molar-refractivity contribution in [1.82, 2.24) is 0 Å². The van der Waals surface area contributed by atoms with E-state index < -0.39 is 5.60 Å². The van der Waals surface area contributed by atoms with Gasteiger partial charge in [0.25, 0.3) is 0 Å². The molecule has 0 saturated carbocycles. The van der Waals surface area contributed by atoms with Crippen molar-refractivity contribution in [3.05, 3.63) is 23.5 Å². The SMILES string of the molecule is CC(C)(C)C1=CC(O)(C(C)(C)C)CC=C1O. The van der Waals surface area contributed by atoms with Crippen LogP contribution in [0.3, 0.4) is 0 Å². The normalized spacial score (nSPS) is 27.4. The predicted molar refractivity (Wildman–Crippen MR) is 67.3 cm³/mol. The summed E-state index contributed by atoms with van der Waals surface area (Å²) >= 11 is 0. The fraction of sp³-hybridized carbons (Fsp3) is 0.714. The first-order chi connectivity index (χ1) is 6.97. The van der Waals surface area contributed by atoms with Crippen molar-refractivity contribution in [2.45, 2.75) is 53.6 Å². The van der Waals surface area contributed by atoms with Crippen LogP contribution in [-0.4, -0.2) is 15.8 Å². The van der Waals surface area contributed by atoms with Gasteiger partial charge in [0.1, 0.15) is 5.76 Å². The van der Waals surface area contributed by atoms with Gasteiger partial charge in [-0.25, -0.2) is 0 Å². The molecule has 0 bridgehead atoms. The van der Waals surface area contributed by atoms with Gasteiger partial charge < -0.3 is 10.2 Å². The van der Waals surface area contributed by atoms with Crippen LogP contribution in [0.2, 0.25) is 0 Å². The summed E-state index contributed by atoms with van der Waals surface area (Å²) < 4.78 is 0. The molecule has 0 heterocycles. The second-order valence-corrected chi connectivity index (χ2v) is 6.78. The van der Waals surface area contributed by atoms with Crippen LogP contribution in [0.5, 0.6) is 0 Å². The Labute approximate surface area is 98.7 Å². The molecule has 92 valence electrons. The summed E-state index contributed by atoms with van der Waals surface area (Å²) in [6.07, 6.45) is 4.04. The zero-order valence-corrected chi connectivity index (χ0v) is 11.3. The molecule has 0 amide bonds. The first-order valence-corrected chi connectivity index (χ1v) is 5.83. The second-order valence-electron chi connectivity index (χ2n) is 6.78. The fourth-order valence-electron chi connectivity index (χ4n) is 1.86. The van der Waals surface area contributed by atoms with Gasteiger partial charge in [-0.2, -0.15) is 0 Å². The van der Waals surface area contributed by atoms with Crippen molar-refractivity contribution >= 4 is 0 Å². The summed E-state index contributed by atoms with van der Waals surface area (Å²) in [5.74, 6) is 0.307. The third-order valence-electron chi connectivity index (χ3n) is 3.37. The smallest absolute Gasteiger partial charge is 0.115 e. The van der Waals surface area contributed by atoms with Crippen LogP contribution in [-0.2, 0) is 0 Å². The third kappa shape index (κ3) is 2.32. The Kier molecular flexibility index (Phi) is 3.01. The van der Waals surface area contributed by atoms with E-state index in [1.165, 1.54) is 0 Å². The number of allylic oxidation sites excluding steroid dienone is 1. The number of hydrogen-bond acceptors (Lipinski definition) is 2. The Morgan fingerprint density at radius 2 is 1.62 bits per heavy atom. The number of rotatable bonds is 0. The van der Waals surface area contributed by atoms with E-state index in [0.29, 0.717) is 12.2 Å². The maximum absolute atomic E-state index is 10.6. The molecular weight excluding hydrogens is 200 g/mol. The molecule has 1 aliphatic rings. The Bertz CT molecular complexity index is 337. The van der Waals surface area contributed by atoms with Gasteiger partial charge in [-0.3, -0.25) is 0 Å². The summed E-state index contributed by atoms with van der Waals surface area (Å²) in [4.78, 5) is 0. The molecule has 2 heteroatoms. The molecule has 2 N–H and O–H groups in total. The maximum atomic E-state index is 10.6. The molecule has 1 atom stereocenters. The van der Waals surface area contributed by atoms with E-state index >= 15 is 0 Å². The lowest BCUT2D eigenvalue weighted by Crippen LogP contribution is -2.43. The minimum absolute atomic E-state index is 0.153. The standard InChI is InChI=1S/C14H24O2/c1-12(2,3)10-9-14(16,13(4,5)6)8-7-11(10)15/h7,9,15-16H,8H2,1-6H3. The van der Waals surface area contributed by atoms with E-state index in [0.717, 1.165) is 5.57 Å². The summed E-state index contributed by atoms with van der Waals surface area (Å²) in [5, 5.41) is 20.5. The maximum Gasteiger partial charge on any atom is 0.115 e. The lowest BCUT2D eigenvalue weighted by Gasteiger charge is -2.41. The summed E-state index contributed by atoms with van der Waals surface area (Å²) in [6, 6.07) is 0. The highest BCUT2D eigenvalue weighted by Gasteiger charge is 2.41.